The highest BCUT2D eigenvalue weighted by Gasteiger charge is 2.52. The number of nitrogens with zero attached hydrogens (tertiary/aromatic N) is 2. The van der Waals surface area contributed by atoms with Gasteiger partial charge in [-0.05, 0) is 39.2 Å². The van der Waals surface area contributed by atoms with Crippen LogP contribution in [-0.2, 0) is 0 Å². The first kappa shape index (κ1) is 11.9. The molecule has 0 amide bonds. The fourth-order valence-electron chi connectivity index (χ4n) is 2.69. The third kappa shape index (κ3) is 1.33. The van der Waals surface area contributed by atoms with Crippen LogP contribution in [0.25, 0.3) is 0 Å². The molecule has 2 unspecified atom stereocenters. The zero-order valence-corrected chi connectivity index (χ0v) is 10.6. The van der Waals surface area contributed by atoms with Gasteiger partial charge in [0.15, 0.2) is 0 Å². The van der Waals surface area contributed by atoms with Gasteiger partial charge in [0.25, 0.3) is 0 Å². The van der Waals surface area contributed by atoms with Crippen LogP contribution in [0.15, 0.2) is 11.3 Å². The van der Waals surface area contributed by atoms with E-state index in [0.717, 1.165) is 35.6 Å². The van der Waals surface area contributed by atoms with Crippen molar-refractivity contribution < 1.29 is 10.3 Å². The van der Waals surface area contributed by atoms with Crippen molar-refractivity contribution in [2.24, 2.45) is 5.92 Å². The van der Waals surface area contributed by atoms with Gasteiger partial charge < -0.3 is 15.2 Å². The van der Waals surface area contributed by atoms with E-state index in [1.807, 2.05) is 32.7 Å². The molecule has 4 heteroatoms. The Morgan fingerprint density at radius 1 is 1.31 bits per heavy atom. The Labute approximate surface area is 97.1 Å². The first-order valence-electron chi connectivity index (χ1n) is 6.02. The molecule has 0 bridgehead atoms. The van der Waals surface area contributed by atoms with Crippen molar-refractivity contribution in [3.63, 3.8) is 0 Å². The highest BCUT2D eigenvalue weighted by molar-refractivity contribution is 5.20. The van der Waals surface area contributed by atoms with Crippen molar-refractivity contribution in [3.05, 3.63) is 11.3 Å². The summed E-state index contributed by atoms with van der Waals surface area (Å²) in [6.45, 7) is 5.93. The molecular weight excluding hydrogens is 204 g/mol. The summed E-state index contributed by atoms with van der Waals surface area (Å²) < 4.78 is 0. The normalized spacial score (nSPS) is 37.9. The van der Waals surface area contributed by atoms with Crippen molar-refractivity contribution >= 4 is 0 Å². The molecule has 0 spiro atoms. The minimum absolute atomic E-state index is 0.123. The largest absolute Gasteiger partial charge is 0.356 e. The number of hydroxylamine groups is 2. The van der Waals surface area contributed by atoms with Crippen LogP contribution in [0.1, 0.15) is 40.0 Å². The molecule has 1 heterocycles. The second-order valence-corrected chi connectivity index (χ2v) is 5.16. The second-order valence-electron chi connectivity index (χ2n) is 5.16. The Balaban J connectivity index is 2.39. The van der Waals surface area contributed by atoms with Crippen molar-refractivity contribution in [2.75, 3.05) is 7.05 Å². The number of hydrogen-bond acceptors (Lipinski definition) is 4. The van der Waals surface area contributed by atoms with E-state index in [4.69, 9.17) is 0 Å². The first-order chi connectivity index (χ1) is 7.40. The zero-order valence-electron chi connectivity index (χ0n) is 10.6. The van der Waals surface area contributed by atoms with Crippen molar-refractivity contribution in [3.8, 4) is 0 Å². The molecule has 2 N–H and O–H groups in total. The summed E-state index contributed by atoms with van der Waals surface area (Å²) in [5.74, 6) is -1.07. The van der Waals surface area contributed by atoms with E-state index in [1.165, 1.54) is 0 Å². The predicted octanol–water partition coefficient (Wildman–Crippen LogP) is 1.75. The van der Waals surface area contributed by atoms with Crippen LogP contribution in [0.2, 0.25) is 0 Å². The highest BCUT2D eigenvalue weighted by atomic mass is 16.6. The van der Waals surface area contributed by atoms with Gasteiger partial charge in [0, 0.05) is 18.7 Å². The zero-order chi connectivity index (χ0) is 12.1. The third-order valence-electron chi connectivity index (χ3n) is 4.55. The molecule has 2 atom stereocenters. The lowest BCUT2D eigenvalue weighted by Crippen LogP contribution is -2.68. The fourth-order valence-corrected chi connectivity index (χ4v) is 2.69. The molecule has 2 rings (SSSR count). The number of allylic oxidation sites excluding steroid dienone is 1. The number of hydrogen-bond donors (Lipinski definition) is 2. The lowest BCUT2D eigenvalue weighted by molar-refractivity contribution is -0.361. The molecule has 4 nitrogen and oxygen atoms in total. The van der Waals surface area contributed by atoms with Gasteiger partial charge in [0.05, 0.1) is 6.04 Å². The number of rotatable bonds is 1. The smallest absolute Gasteiger partial charge is 0.222 e. The summed E-state index contributed by atoms with van der Waals surface area (Å²) in [5.41, 5.74) is 2.17. The van der Waals surface area contributed by atoms with Crippen LogP contribution in [0.4, 0.5) is 0 Å². The van der Waals surface area contributed by atoms with E-state index in [1.54, 1.807) is 0 Å². The van der Waals surface area contributed by atoms with E-state index < -0.39 is 5.85 Å². The van der Waals surface area contributed by atoms with Gasteiger partial charge >= 0.3 is 0 Å². The average Bonchev–Trinajstić information content (AvgIpc) is 2.19. The van der Waals surface area contributed by atoms with Gasteiger partial charge in [0.2, 0.25) is 5.85 Å². The quantitative estimate of drug-likeness (QED) is 0.715. The van der Waals surface area contributed by atoms with E-state index in [-0.39, 0.29) is 12.0 Å². The van der Waals surface area contributed by atoms with E-state index >= 15 is 0 Å². The maximum absolute atomic E-state index is 10.8. The predicted molar refractivity (Wildman–Crippen MR) is 61.5 cm³/mol. The lowest BCUT2D eigenvalue weighted by atomic mass is 9.78. The molecule has 1 fully saturated rings. The van der Waals surface area contributed by atoms with Crippen molar-refractivity contribution in [1.29, 1.82) is 0 Å². The molecule has 92 valence electrons. The lowest BCUT2D eigenvalue weighted by Gasteiger charge is -2.55. The van der Waals surface area contributed by atoms with Gasteiger partial charge in [0.1, 0.15) is 0 Å². The van der Waals surface area contributed by atoms with Crippen LogP contribution < -0.4 is 0 Å². The highest BCUT2D eigenvalue weighted by Crippen LogP contribution is 2.44. The molecule has 1 aliphatic carbocycles. The summed E-state index contributed by atoms with van der Waals surface area (Å²) in [4.78, 5) is 1.81. The van der Waals surface area contributed by atoms with Gasteiger partial charge in [-0.2, -0.15) is 0 Å². The summed E-state index contributed by atoms with van der Waals surface area (Å²) in [6.07, 6.45) is 3.11. The molecule has 1 saturated carbocycles. The second kappa shape index (κ2) is 3.72. The van der Waals surface area contributed by atoms with Crippen LogP contribution in [0.5, 0.6) is 0 Å². The van der Waals surface area contributed by atoms with Gasteiger partial charge in [-0.3, -0.25) is 0 Å². The SMILES string of the molecule is CC1=C(C)N(C)C(O)(C2CCC2)N(O)C1C. The molecule has 0 aromatic rings. The van der Waals surface area contributed by atoms with Gasteiger partial charge in [-0.15, -0.1) is 5.06 Å². The Hall–Kier alpha value is -0.580. The minimum Gasteiger partial charge on any atom is -0.356 e. The van der Waals surface area contributed by atoms with Crippen molar-refractivity contribution in [1.82, 2.24) is 9.96 Å². The van der Waals surface area contributed by atoms with Crippen LogP contribution in [-0.4, -0.2) is 39.2 Å². The van der Waals surface area contributed by atoms with E-state index in [2.05, 4.69) is 0 Å². The Morgan fingerprint density at radius 2 is 1.88 bits per heavy atom. The first-order valence-corrected chi connectivity index (χ1v) is 6.02. The Kier molecular flexibility index (Phi) is 2.77. The minimum atomic E-state index is -1.22. The summed E-state index contributed by atoms with van der Waals surface area (Å²) >= 11 is 0. The van der Waals surface area contributed by atoms with Crippen LogP contribution in [0, 0.1) is 5.92 Å². The fraction of sp³-hybridized carbons (Fsp3) is 0.833. The summed E-state index contributed by atoms with van der Waals surface area (Å²) in [5, 5.41) is 22.1. The number of aliphatic hydroxyl groups is 1. The average molecular weight is 226 g/mol. The molecular formula is C12H22N2O2. The molecule has 0 saturated heterocycles. The summed E-state index contributed by atoms with van der Waals surface area (Å²) in [6, 6.07) is -0.123. The van der Waals surface area contributed by atoms with Crippen molar-refractivity contribution in [2.45, 2.75) is 51.9 Å². The molecule has 0 radical (unpaired) electrons. The molecule has 2 aliphatic rings. The monoisotopic (exact) mass is 226 g/mol. The van der Waals surface area contributed by atoms with Gasteiger partial charge in [-0.1, -0.05) is 6.42 Å². The van der Waals surface area contributed by atoms with Gasteiger partial charge in [-0.25, -0.2) is 0 Å². The standard InChI is InChI=1S/C12H22N2O2/c1-8-9(2)13(4)12(15,11-6-5-7-11)14(16)10(8)3/h10-11,15-16H,5-7H2,1-4H3. The Morgan fingerprint density at radius 3 is 2.31 bits per heavy atom. The van der Waals surface area contributed by atoms with E-state index in [0.29, 0.717) is 0 Å². The van der Waals surface area contributed by atoms with E-state index in [9.17, 15) is 10.3 Å². The molecule has 0 aromatic heterocycles. The molecule has 1 aliphatic heterocycles. The van der Waals surface area contributed by atoms with Crippen LogP contribution >= 0.6 is 0 Å². The van der Waals surface area contributed by atoms with Crippen LogP contribution in [0.3, 0.4) is 0 Å². The maximum Gasteiger partial charge on any atom is 0.222 e. The molecule has 16 heavy (non-hydrogen) atoms. The maximum atomic E-state index is 10.8. The topological polar surface area (TPSA) is 46.9 Å². The Bertz CT molecular complexity index is 325. The third-order valence-corrected chi connectivity index (χ3v) is 4.55. The molecule has 0 aromatic carbocycles. The summed E-state index contributed by atoms with van der Waals surface area (Å²) in [7, 11) is 1.85.